The SMILES string of the molecule is COc1ccc2c(c1OC)C(=O)OC2N1C(=O)CC[C@H]1C(=O)N[C@H](Cc1ccccc1)C(=O)O. The number of hydrogen-bond donors (Lipinski definition) is 2. The Morgan fingerprint density at radius 2 is 1.88 bits per heavy atom. The number of amides is 2. The van der Waals surface area contributed by atoms with Gasteiger partial charge >= 0.3 is 11.9 Å². The number of carboxylic acids is 1. The van der Waals surface area contributed by atoms with Crippen LogP contribution in [0.5, 0.6) is 11.5 Å². The van der Waals surface area contributed by atoms with Gasteiger partial charge in [-0.25, -0.2) is 9.59 Å². The summed E-state index contributed by atoms with van der Waals surface area (Å²) in [6.07, 6.45) is -0.823. The number of carboxylic acid groups (broad SMARTS) is 1. The van der Waals surface area contributed by atoms with E-state index < -0.39 is 36.2 Å². The van der Waals surface area contributed by atoms with E-state index in [1.54, 1.807) is 36.4 Å². The smallest absolute Gasteiger partial charge is 0.344 e. The van der Waals surface area contributed by atoms with Crippen molar-refractivity contribution < 1.29 is 38.5 Å². The molecule has 10 heteroatoms. The van der Waals surface area contributed by atoms with Crippen molar-refractivity contribution in [3.8, 4) is 11.5 Å². The van der Waals surface area contributed by atoms with Crippen LogP contribution in [-0.4, -0.2) is 60.1 Å². The highest BCUT2D eigenvalue weighted by atomic mass is 16.6. The number of likely N-dealkylation sites (tertiary alicyclic amines) is 1. The molecule has 0 aromatic heterocycles. The van der Waals surface area contributed by atoms with Crippen molar-refractivity contribution in [2.45, 2.75) is 37.6 Å². The van der Waals surface area contributed by atoms with Crippen LogP contribution < -0.4 is 14.8 Å². The molecule has 1 fully saturated rings. The van der Waals surface area contributed by atoms with Gasteiger partial charge in [0.1, 0.15) is 17.6 Å². The van der Waals surface area contributed by atoms with Crippen molar-refractivity contribution in [1.82, 2.24) is 10.2 Å². The number of nitrogens with one attached hydrogen (secondary N) is 1. The van der Waals surface area contributed by atoms with Crippen LogP contribution in [0.3, 0.4) is 0 Å². The van der Waals surface area contributed by atoms with Crippen LogP contribution in [0.1, 0.15) is 40.6 Å². The average molecular weight is 468 g/mol. The molecule has 2 aromatic rings. The second-order valence-electron chi connectivity index (χ2n) is 7.97. The van der Waals surface area contributed by atoms with E-state index in [2.05, 4.69) is 5.32 Å². The zero-order valence-electron chi connectivity index (χ0n) is 18.6. The maximum absolute atomic E-state index is 13.1. The fourth-order valence-corrected chi connectivity index (χ4v) is 4.36. The third kappa shape index (κ3) is 4.14. The largest absolute Gasteiger partial charge is 0.493 e. The summed E-state index contributed by atoms with van der Waals surface area (Å²) in [4.78, 5) is 51.6. The average Bonchev–Trinajstić information content (AvgIpc) is 3.37. The third-order valence-electron chi connectivity index (χ3n) is 5.97. The van der Waals surface area contributed by atoms with E-state index in [0.717, 1.165) is 5.56 Å². The predicted octanol–water partition coefficient (Wildman–Crippen LogP) is 1.68. The summed E-state index contributed by atoms with van der Waals surface area (Å²) in [7, 11) is 2.81. The molecule has 0 aliphatic carbocycles. The lowest BCUT2D eigenvalue weighted by Crippen LogP contribution is -2.51. The minimum atomic E-state index is -1.19. The van der Waals surface area contributed by atoms with Crippen LogP contribution in [0, 0.1) is 0 Å². The molecule has 0 bridgehead atoms. The molecule has 0 spiro atoms. The topological polar surface area (TPSA) is 131 Å². The van der Waals surface area contributed by atoms with Gasteiger partial charge in [-0.3, -0.25) is 14.5 Å². The quantitative estimate of drug-likeness (QED) is 0.560. The standard InChI is InChI=1S/C24H24N2O8/c1-32-17-10-8-14-19(20(17)33-2)24(31)34-22(14)26-16(9-11-18(26)27)21(28)25-15(23(29)30)12-13-6-4-3-5-7-13/h3-8,10,15-16,22H,9,11-12H2,1-2H3,(H,25,28)(H,29,30)/t15-,16+,22?/m1/s1. The van der Waals surface area contributed by atoms with Crippen molar-refractivity contribution in [2.24, 2.45) is 0 Å². The second kappa shape index (κ2) is 9.42. The van der Waals surface area contributed by atoms with Gasteiger partial charge in [0.25, 0.3) is 0 Å². The van der Waals surface area contributed by atoms with Crippen LogP contribution in [-0.2, 0) is 25.5 Å². The minimum Gasteiger partial charge on any atom is -0.493 e. The first kappa shape index (κ1) is 23.1. The number of benzene rings is 2. The van der Waals surface area contributed by atoms with Crippen molar-refractivity contribution in [3.05, 3.63) is 59.2 Å². The number of aliphatic carboxylic acids is 1. The van der Waals surface area contributed by atoms with Crippen molar-refractivity contribution in [2.75, 3.05) is 14.2 Å². The van der Waals surface area contributed by atoms with Crippen molar-refractivity contribution >= 4 is 23.8 Å². The molecule has 4 rings (SSSR count). The van der Waals surface area contributed by atoms with Gasteiger partial charge in [-0.1, -0.05) is 30.3 Å². The molecule has 2 amide bonds. The Labute approximate surface area is 195 Å². The zero-order valence-corrected chi connectivity index (χ0v) is 18.6. The lowest BCUT2D eigenvalue weighted by Gasteiger charge is -2.30. The van der Waals surface area contributed by atoms with Crippen LogP contribution in [0.25, 0.3) is 0 Å². The fraction of sp³-hybridized carbons (Fsp3) is 0.333. The van der Waals surface area contributed by atoms with E-state index in [4.69, 9.17) is 14.2 Å². The number of fused-ring (bicyclic) bond motifs is 1. The first-order valence-electron chi connectivity index (χ1n) is 10.7. The Balaban J connectivity index is 1.59. The number of methoxy groups -OCH3 is 2. The molecule has 34 heavy (non-hydrogen) atoms. The number of esters is 1. The van der Waals surface area contributed by atoms with E-state index in [1.807, 2.05) is 6.07 Å². The first-order valence-corrected chi connectivity index (χ1v) is 10.7. The molecule has 2 aliphatic rings. The predicted molar refractivity (Wildman–Crippen MR) is 117 cm³/mol. The van der Waals surface area contributed by atoms with Gasteiger partial charge in [0, 0.05) is 18.4 Å². The summed E-state index contributed by atoms with van der Waals surface area (Å²) in [6.45, 7) is 0. The summed E-state index contributed by atoms with van der Waals surface area (Å²) in [5, 5.41) is 12.2. The maximum Gasteiger partial charge on any atom is 0.344 e. The molecule has 1 unspecified atom stereocenters. The van der Waals surface area contributed by atoms with Crippen molar-refractivity contribution in [3.63, 3.8) is 0 Å². The monoisotopic (exact) mass is 468 g/mol. The molecular weight excluding hydrogens is 444 g/mol. The van der Waals surface area contributed by atoms with Gasteiger partial charge in [-0.2, -0.15) is 0 Å². The van der Waals surface area contributed by atoms with Crippen molar-refractivity contribution in [1.29, 1.82) is 0 Å². The lowest BCUT2D eigenvalue weighted by atomic mass is 10.0. The highest BCUT2D eigenvalue weighted by molar-refractivity contribution is 5.99. The first-order chi connectivity index (χ1) is 16.3. The number of cyclic esters (lactones) is 1. The normalized spacial score (nSPS) is 19.9. The summed E-state index contributed by atoms with van der Waals surface area (Å²) in [5.74, 6) is -2.40. The van der Waals surface area contributed by atoms with Gasteiger partial charge in [0.05, 0.1) is 14.2 Å². The van der Waals surface area contributed by atoms with E-state index in [0.29, 0.717) is 11.3 Å². The van der Waals surface area contributed by atoms with Gasteiger partial charge in [-0.15, -0.1) is 0 Å². The molecule has 3 atom stereocenters. The number of hydrogen-bond acceptors (Lipinski definition) is 7. The Kier molecular flexibility index (Phi) is 6.40. The zero-order chi connectivity index (χ0) is 24.4. The van der Waals surface area contributed by atoms with E-state index in [-0.39, 0.29) is 36.5 Å². The lowest BCUT2D eigenvalue weighted by molar-refractivity contribution is -0.147. The molecule has 0 radical (unpaired) electrons. The summed E-state index contributed by atoms with van der Waals surface area (Å²) in [5.41, 5.74) is 1.24. The number of rotatable bonds is 8. The van der Waals surface area contributed by atoms with Crippen LogP contribution in [0.2, 0.25) is 0 Å². The summed E-state index contributed by atoms with van der Waals surface area (Å²) < 4.78 is 16.0. The van der Waals surface area contributed by atoms with E-state index in [9.17, 15) is 24.3 Å². The van der Waals surface area contributed by atoms with Crippen LogP contribution >= 0.6 is 0 Å². The molecule has 0 saturated carbocycles. The number of carbonyl (C=O) groups excluding carboxylic acids is 3. The summed E-state index contributed by atoms with van der Waals surface area (Å²) in [6, 6.07) is 9.90. The highest BCUT2D eigenvalue weighted by Crippen LogP contribution is 2.45. The maximum atomic E-state index is 13.1. The molecule has 2 heterocycles. The Morgan fingerprint density at radius 3 is 2.53 bits per heavy atom. The van der Waals surface area contributed by atoms with Gasteiger partial charge in [0.15, 0.2) is 11.5 Å². The number of nitrogens with zero attached hydrogens (tertiary/aromatic N) is 1. The molecule has 178 valence electrons. The number of carbonyl (C=O) groups is 4. The third-order valence-corrected chi connectivity index (χ3v) is 5.97. The van der Waals surface area contributed by atoms with Crippen LogP contribution in [0.15, 0.2) is 42.5 Å². The van der Waals surface area contributed by atoms with Gasteiger partial charge in [-0.05, 0) is 24.1 Å². The van der Waals surface area contributed by atoms with E-state index in [1.165, 1.54) is 19.1 Å². The fourth-order valence-electron chi connectivity index (χ4n) is 4.36. The Bertz CT molecular complexity index is 1130. The molecule has 10 nitrogen and oxygen atoms in total. The molecule has 2 aromatic carbocycles. The molecular formula is C24H24N2O8. The molecule has 2 N–H and O–H groups in total. The second-order valence-corrected chi connectivity index (χ2v) is 7.97. The van der Waals surface area contributed by atoms with Crippen LogP contribution in [0.4, 0.5) is 0 Å². The van der Waals surface area contributed by atoms with Gasteiger partial charge < -0.3 is 24.6 Å². The number of ether oxygens (including phenoxy) is 3. The Hall–Kier alpha value is -4.08. The molecule has 1 saturated heterocycles. The Morgan fingerprint density at radius 1 is 1.15 bits per heavy atom. The highest BCUT2D eigenvalue weighted by Gasteiger charge is 2.48. The van der Waals surface area contributed by atoms with E-state index >= 15 is 0 Å². The molecule has 2 aliphatic heterocycles. The van der Waals surface area contributed by atoms with Gasteiger partial charge in [0.2, 0.25) is 18.0 Å². The summed E-state index contributed by atoms with van der Waals surface area (Å²) >= 11 is 0. The minimum absolute atomic E-state index is 0.0607.